The Labute approximate surface area is 189 Å². The fourth-order valence-electron chi connectivity index (χ4n) is 2.96. The van der Waals surface area contributed by atoms with E-state index >= 15 is 0 Å². The number of ether oxygens (including phenoxy) is 2. The van der Waals surface area contributed by atoms with Crippen LogP contribution in [0.1, 0.15) is 31.1 Å². The molecule has 4 nitrogen and oxygen atoms in total. The van der Waals surface area contributed by atoms with Crippen LogP contribution in [0.3, 0.4) is 0 Å². The number of benzene rings is 1. The van der Waals surface area contributed by atoms with Crippen LogP contribution in [0.5, 0.6) is 0 Å². The summed E-state index contributed by atoms with van der Waals surface area (Å²) in [5.74, 6) is -0.472. The second-order valence-corrected chi connectivity index (χ2v) is 6.91. The topological polar surface area (TPSA) is 52.6 Å². The van der Waals surface area contributed by atoms with Crippen molar-refractivity contribution in [3.8, 4) is 0 Å². The average molecular weight is 429 g/mol. The van der Waals surface area contributed by atoms with Crippen molar-refractivity contribution < 1.29 is 19.1 Å². The lowest BCUT2D eigenvalue weighted by molar-refractivity contribution is -0.134. The largest absolute Gasteiger partial charge is 0.422 e. The van der Waals surface area contributed by atoms with E-state index < -0.39 is 11.9 Å². The van der Waals surface area contributed by atoms with E-state index in [2.05, 4.69) is 13.2 Å². The zero-order valence-corrected chi connectivity index (χ0v) is 18.7. The Balaban J connectivity index is 2.46. The van der Waals surface area contributed by atoms with Crippen LogP contribution in [0, 0.1) is 5.92 Å². The Kier molecular flexibility index (Phi) is 9.18. The Morgan fingerprint density at radius 1 is 0.938 bits per heavy atom. The molecule has 0 aromatic heterocycles. The lowest BCUT2D eigenvalue weighted by Crippen LogP contribution is -2.12. The normalized spacial score (nSPS) is 17.0. The molecule has 1 aromatic carbocycles. The van der Waals surface area contributed by atoms with Gasteiger partial charge in [-0.2, -0.15) is 0 Å². The third-order valence-electron chi connectivity index (χ3n) is 4.68. The molecule has 0 N–H and O–H groups in total. The van der Waals surface area contributed by atoms with Gasteiger partial charge >= 0.3 is 11.9 Å². The summed E-state index contributed by atoms with van der Waals surface area (Å²) in [5, 5.41) is 0. The third kappa shape index (κ3) is 6.29. The van der Waals surface area contributed by atoms with Gasteiger partial charge in [-0.1, -0.05) is 74.7 Å². The smallest absolute Gasteiger partial charge is 0.343 e. The molecule has 1 aliphatic carbocycles. The van der Waals surface area contributed by atoms with Crippen LogP contribution < -0.4 is 0 Å². The van der Waals surface area contributed by atoms with Gasteiger partial charge in [-0.25, -0.2) is 9.59 Å². The summed E-state index contributed by atoms with van der Waals surface area (Å²) in [4.78, 5) is 25.5. The molecular formula is C28H28O4. The Bertz CT molecular complexity index is 1060. The van der Waals surface area contributed by atoms with Crippen molar-refractivity contribution in [2.24, 2.45) is 5.92 Å². The van der Waals surface area contributed by atoms with Gasteiger partial charge < -0.3 is 9.47 Å². The van der Waals surface area contributed by atoms with Gasteiger partial charge in [0.25, 0.3) is 0 Å². The summed E-state index contributed by atoms with van der Waals surface area (Å²) >= 11 is 0. The molecular weight excluding hydrogens is 400 g/mol. The van der Waals surface area contributed by atoms with Gasteiger partial charge in [-0.05, 0) is 55.7 Å². The quantitative estimate of drug-likeness (QED) is 0.268. The van der Waals surface area contributed by atoms with Crippen LogP contribution in [0.15, 0.2) is 126 Å². The van der Waals surface area contributed by atoms with Gasteiger partial charge in [0.1, 0.15) is 11.5 Å². The van der Waals surface area contributed by atoms with Crippen LogP contribution in [-0.2, 0) is 14.3 Å². The van der Waals surface area contributed by atoms with E-state index in [1.807, 2.05) is 38.1 Å². The monoisotopic (exact) mass is 428 g/mol. The van der Waals surface area contributed by atoms with Crippen LogP contribution in [0.4, 0.5) is 0 Å². The highest BCUT2D eigenvalue weighted by Crippen LogP contribution is 2.28. The molecule has 32 heavy (non-hydrogen) atoms. The lowest BCUT2D eigenvalue weighted by Gasteiger charge is -2.17. The Morgan fingerprint density at radius 2 is 1.66 bits per heavy atom. The van der Waals surface area contributed by atoms with E-state index in [0.717, 1.165) is 0 Å². The van der Waals surface area contributed by atoms with Gasteiger partial charge in [0.15, 0.2) is 0 Å². The van der Waals surface area contributed by atoms with Crippen molar-refractivity contribution in [2.45, 2.75) is 20.8 Å². The van der Waals surface area contributed by atoms with Crippen molar-refractivity contribution in [1.82, 2.24) is 0 Å². The SMILES string of the molecule is C=CC(=C/C)/C(=C(\C=C)OC(=O)C1=CC=CC(C)C=C1)C(=C\C)/OC(=O)c1ccccc1. The summed E-state index contributed by atoms with van der Waals surface area (Å²) in [6.07, 6.45) is 15.6. The maximum absolute atomic E-state index is 12.9. The molecule has 2 rings (SSSR count). The maximum Gasteiger partial charge on any atom is 0.343 e. The fraction of sp³-hybridized carbons (Fsp3) is 0.143. The van der Waals surface area contributed by atoms with Gasteiger partial charge in [0.2, 0.25) is 0 Å². The number of esters is 2. The minimum atomic E-state index is -0.545. The van der Waals surface area contributed by atoms with Crippen LogP contribution in [-0.4, -0.2) is 11.9 Å². The van der Waals surface area contributed by atoms with Gasteiger partial charge in [-0.15, -0.1) is 0 Å². The summed E-state index contributed by atoms with van der Waals surface area (Å²) < 4.78 is 11.4. The number of rotatable bonds is 8. The second-order valence-electron chi connectivity index (χ2n) is 6.91. The van der Waals surface area contributed by atoms with E-state index in [4.69, 9.17) is 9.47 Å². The first-order chi connectivity index (χ1) is 15.4. The molecule has 0 saturated heterocycles. The average Bonchev–Trinajstić information content (AvgIpc) is 3.04. The number of hydrogen-bond donors (Lipinski definition) is 0. The van der Waals surface area contributed by atoms with E-state index in [1.54, 1.807) is 61.6 Å². The molecule has 0 fully saturated rings. The minimum absolute atomic E-state index is 0.160. The number of hydrogen-bond acceptors (Lipinski definition) is 4. The molecule has 4 heteroatoms. The first-order valence-corrected chi connectivity index (χ1v) is 10.3. The summed E-state index contributed by atoms with van der Waals surface area (Å²) in [6, 6.07) is 8.65. The van der Waals surface area contributed by atoms with E-state index in [9.17, 15) is 9.59 Å². The molecule has 1 aliphatic rings. The standard InChI is InChI=1S/C28H28O4/c1-6-21(7-2)26(24(8-3)31-27(29)22-15-11-10-12-16-22)25(9-4)32-28(30)23-17-13-14-20(5)18-19-23/h6-20H,1,4H2,2-3,5H3/b21-7-,24-8+,26-25-. The van der Waals surface area contributed by atoms with Crippen molar-refractivity contribution >= 4 is 11.9 Å². The Morgan fingerprint density at radius 3 is 2.25 bits per heavy atom. The molecule has 164 valence electrons. The maximum atomic E-state index is 12.9. The predicted molar refractivity (Wildman–Crippen MR) is 128 cm³/mol. The molecule has 0 heterocycles. The van der Waals surface area contributed by atoms with Gasteiger partial charge in [-0.3, -0.25) is 0 Å². The van der Waals surface area contributed by atoms with Crippen LogP contribution >= 0.6 is 0 Å². The first-order valence-electron chi connectivity index (χ1n) is 10.3. The third-order valence-corrected chi connectivity index (χ3v) is 4.68. The minimum Gasteiger partial charge on any atom is -0.422 e. The highest BCUT2D eigenvalue weighted by Gasteiger charge is 2.21. The van der Waals surface area contributed by atoms with Crippen molar-refractivity contribution in [3.63, 3.8) is 0 Å². The van der Waals surface area contributed by atoms with Gasteiger partial charge in [0.05, 0.1) is 16.7 Å². The van der Waals surface area contributed by atoms with Gasteiger partial charge in [0, 0.05) is 0 Å². The molecule has 0 spiro atoms. The fourth-order valence-corrected chi connectivity index (χ4v) is 2.96. The molecule has 0 saturated carbocycles. The molecule has 0 aliphatic heterocycles. The second kappa shape index (κ2) is 12.1. The lowest BCUT2D eigenvalue weighted by atomic mass is 10.0. The molecule has 0 bridgehead atoms. The van der Waals surface area contributed by atoms with Crippen LogP contribution in [0.25, 0.3) is 0 Å². The molecule has 1 atom stereocenters. The molecule has 0 radical (unpaired) electrons. The van der Waals surface area contributed by atoms with Crippen LogP contribution in [0.2, 0.25) is 0 Å². The number of carbonyl (C=O) groups excluding carboxylic acids is 2. The zero-order chi connectivity index (χ0) is 23.5. The zero-order valence-electron chi connectivity index (χ0n) is 18.7. The summed E-state index contributed by atoms with van der Waals surface area (Å²) in [7, 11) is 0. The number of carbonyl (C=O) groups is 2. The summed E-state index contributed by atoms with van der Waals surface area (Å²) in [6.45, 7) is 13.2. The first kappa shape index (κ1) is 24.4. The highest BCUT2D eigenvalue weighted by atomic mass is 16.5. The highest BCUT2D eigenvalue weighted by molar-refractivity contribution is 5.93. The summed E-state index contributed by atoms with van der Waals surface area (Å²) in [5.41, 5.74) is 1.83. The van der Waals surface area contributed by atoms with E-state index in [1.165, 1.54) is 6.08 Å². The number of allylic oxidation sites excluding steroid dienone is 9. The van der Waals surface area contributed by atoms with Crippen molar-refractivity contribution in [1.29, 1.82) is 0 Å². The van der Waals surface area contributed by atoms with Crippen molar-refractivity contribution in [3.05, 3.63) is 132 Å². The Hall–Kier alpha value is -3.92. The molecule has 0 amide bonds. The predicted octanol–water partition coefficient (Wildman–Crippen LogP) is 6.55. The molecule has 1 aromatic rings. The molecule has 1 unspecified atom stereocenters. The van der Waals surface area contributed by atoms with E-state index in [0.29, 0.717) is 22.3 Å². The van der Waals surface area contributed by atoms with E-state index in [-0.39, 0.29) is 17.4 Å². The van der Waals surface area contributed by atoms with Crippen molar-refractivity contribution in [2.75, 3.05) is 0 Å².